The van der Waals surface area contributed by atoms with Gasteiger partial charge in [0.25, 0.3) is 0 Å². The molecule has 0 radical (unpaired) electrons. The van der Waals surface area contributed by atoms with Crippen LogP contribution in [0.2, 0.25) is 4.34 Å². The Labute approximate surface area is 110 Å². The van der Waals surface area contributed by atoms with Gasteiger partial charge in [0.1, 0.15) is 15.1 Å². The van der Waals surface area contributed by atoms with Crippen LogP contribution in [-0.4, -0.2) is 12.1 Å². The molecule has 4 heteroatoms. The van der Waals surface area contributed by atoms with Crippen molar-refractivity contribution in [3.05, 3.63) is 33.8 Å². The van der Waals surface area contributed by atoms with Crippen molar-refractivity contribution >= 4 is 22.9 Å². The smallest absolute Gasteiger partial charge is 0.129 e. The molecule has 0 aliphatic rings. The summed E-state index contributed by atoms with van der Waals surface area (Å²) < 4.78 is 6.11. The summed E-state index contributed by atoms with van der Waals surface area (Å²) in [6.45, 7) is 4.05. The Hall–Kier alpha value is -1.06. The lowest BCUT2D eigenvalue weighted by Crippen LogP contribution is -1.90. The first-order chi connectivity index (χ1) is 8.15. The molecule has 0 bridgehead atoms. The molecule has 17 heavy (non-hydrogen) atoms. The first kappa shape index (κ1) is 12.4. The lowest BCUT2D eigenvalue weighted by Gasteiger charge is -2.07. The van der Waals surface area contributed by atoms with Gasteiger partial charge in [-0.2, -0.15) is 0 Å². The second-order valence-electron chi connectivity index (χ2n) is 3.77. The highest BCUT2D eigenvalue weighted by Crippen LogP contribution is 2.36. The monoisotopic (exact) mass is 267 g/mol. The Morgan fingerprint density at radius 2 is 2.18 bits per heavy atom. The maximum Gasteiger partial charge on any atom is 0.129 e. The van der Waals surface area contributed by atoms with E-state index in [9.17, 15) is 0 Å². The number of rotatable bonds is 3. The number of halogens is 1. The number of hydrogen-bond acceptors (Lipinski definition) is 3. The molecule has 0 spiro atoms. The minimum absolute atomic E-state index is 0.740. The Bertz CT molecular complexity index is 517. The highest BCUT2D eigenvalue weighted by atomic mass is 35.5. The fraction of sp³-hybridized carbons (Fsp3) is 0.308. The summed E-state index contributed by atoms with van der Waals surface area (Å²) in [6, 6.07) is 6.18. The Morgan fingerprint density at radius 3 is 2.71 bits per heavy atom. The summed E-state index contributed by atoms with van der Waals surface area (Å²) in [5.74, 6) is 0.840. The van der Waals surface area contributed by atoms with E-state index >= 15 is 0 Å². The van der Waals surface area contributed by atoms with Gasteiger partial charge in [0, 0.05) is 0 Å². The normalized spacial score (nSPS) is 10.6. The van der Waals surface area contributed by atoms with Crippen molar-refractivity contribution in [2.75, 3.05) is 7.11 Å². The van der Waals surface area contributed by atoms with Crippen molar-refractivity contribution < 1.29 is 4.74 Å². The van der Waals surface area contributed by atoms with Gasteiger partial charge in [0.05, 0.1) is 18.4 Å². The van der Waals surface area contributed by atoms with E-state index in [1.807, 2.05) is 13.0 Å². The van der Waals surface area contributed by atoms with E-state index in [0.29, 0.717) is 0 Å². The van der Waals surface area contributed by atoms with Crippen LogP contribution in [0.15, 0.2) is 18.2 Å². The molecule has 0 aliphatic heterocycles. The summed E-state index contributed by atoms with van der Waals surface area (Å²) in [4.78, 5) is 4.47. The van der Waals surface area contributed by atoms with Crippen LogP contribution in [0.1, 0.15) is 18.2 Å². The number of aryl methyl sites for hydroxylation is 2. The second-order valence-corrected chi connectivity index (χ2v) is 5.37. The van der Waals surface area contributed by atoms with Gasteiger partial charge in [-0.3, -0.25) is 0 Å². The fourth-order valence-electron chi connectivity index (χ4n) is 1.64. The van der Waals surface area contributed by atoms with E-state index < -0.39 is 0 Å². The van der Waals surface area contributed by atoms with Crippen LogP contribution in [0.3, 0.4) is 0 Å². The quantitative estimate of drug-likeness (QED) is 0.825. The Kier molecular flexibility index (Phi) is 3.69. The summed E-state index contributed by atoms with van der Waals surface area (Å²) in [6.07, 6.45) is 0.995. The van der Waals surface area contributed by atoms with Crippen molar-refractivity contribution in [1.29, 1.82) is 0 Å². The van der Waals surface area contributed by atoms with E-state index in [-0.39, 0.29) is 0 Å². The van der Waals surface area contributed by atoms with Gasteiger partial charge in [0.15, 0.2) is 0 Å². The third kappa shape index (κ3) is 2.45. The molecule has 2 nitrogen and oxygen atoms in total. The average molecular weight is 268 g/mol. The van der Waals surface area contributed by atoms with E-state index in [1.54, 1.807) is 7.11 Å². The maximum atomic E-state index is 6.06. The zero-order valence-electron chi connectivity index (χ0n) is 10.1. The van der Waals surface area contributed by atoms with Gasteiger partial charge in [-0.25, -0.2) is 4.98 Å². The molecule has 1 heterocycles. The number of ether oxygens (including phenoxy) is 1. The van der Waals surface area contributed by atoms with E-state index in [0.717, 1.165) is 32.8 Å². The molecule has 0 atom stereocenters. The predicted octanol–water partition coefficient (Wildman–Crippen LogP) is 4.34. The number of hydrogen-bond donors (Lipinski definition) is 0. The van der Waals surface area contributed by atoms with Crippen LogP contribution < -0.4 is 4.74 Å². The minimum atomic E-state index is 0.740. The largest absolute Gasteiger partial charge is 0.496 e. The molecule has 0 saturated carbocycles. The molecule has 0 saturated heterocycles. The zero-order valence-corrected chi connectivity index (χ0v) is 11.7. The standard InChI is InChI=1S/C13H14ClNOS/c1-4-9-5-6-11(16-3)10(7-9)13-15-8(2)12(14)17-13/h5-7H,4H2,1-3H3. The van der Waals surface area contributed by atoms with Crippen molar-refractivity contribution in [2.45, 2.75) is 20.3 Å². The van der Waals surface area contributed by atoms with E-state index in [4.69, 9.17) is 16.3 Å². The molecule has 90 valence electrons. The van der Waals surface area contributed by atoms with Crippen molar-refractivity contribution in [2.24, 2.45) is 0 Å². The third-order valence-corrected chi connectivity index (χ3v) is 4.13. The van der Waals surface area contributed by atoms with Gasteiger partial charge < -0.3 is 4.74 Å². The first-order valence-electron chi connectivity index (χ1n) is 5.46. The van der Waals surface area contributed by atoms with E-state index in [1.165, 1.54) is 16.9 Å². The number of aromatic nitrogens is 1. The van der Waals surface area contributed by atoms with Gasteiger partial charge >= 0.3 is 0 Å². The lowest BCUT2D eigenvalue weighted by molar-refractivity contribution is 0.416. The van der Waals surface area contributed by atoms with Crippen molar-refractivity contribution in [3.63, 3.8) is 0 Å². The van der Waals surface area contributed by atoms with Crippen LogP contribution in [0.4, 0.5) is 0 Å². The van der Waals surface area contributed by atoms with Crippen LogP contribution in [-0.2, 0) is 6.42 Å². The number of methoxy groups -OCH3 is 1. The number of thiazole rings is 1. The first-order valence-corrected chi connectivity index (χ1v) is 6.65. The SMILES string of the molecule is CCc1ccc(OC)c(-c2nc(C)c(Cl)s2)c1. The maximum absolute atomic E-state index is 6.06. The molecule has 0 amide bonds. The molecule has 0 fully saturated rings. The van der Waals surface area contributed by atoms with Crippen molar-refractivity contribution in [1.82, 2.24) is 4.98 Å². The van der Waals surface area contributed by atoms with Gasteiger partial charge in [-0.05, 0) is 31.0 Å². The highest BCUT2D eigenvalue weighted by molar-refractivity contribution is 7.19. The molecule has 0 aliphatic carbocycles. The molecule has 0 N–H and O–H groups in total. The summed E-state index contributed by atoms with van der Waals surface area (Å²) in [7, 11) is 1.67. The van der Waals surface area contributed by atoms with E-state index in [2.05, 4.69) is 24.0 Å². The molecule has 2 aromatic rings. The molecule has 0 unspecified atom stereocenters. The molecule has 1 aromatic carbocycles. The Morgan fingerprint density at radius 1 is 1.41 bits per heavy atom. The highest BCUT2D eigenvalue weighted by Gasteiger charge is 2.12. The van der Waals surface area contributed by atoms with Crippen LogP contribution >= 0.6 is 22.9 Å². The van der Waals surface area contributed by atoms with Crippen LogP contribution in [0, 0.1) is 6.92 Å². The third-order valence-electron chi connectivity index (χ3n) is 2.64. The van der Waals surface area contributed by atoms with Crippen LogP contribution in [0.25, 0.3) is 10.6 Å². The minimum Gasteiger partial charge on any atom is -0.496 e. The summed E-state index contributed by atoms with van der Waals surface area (Å²) >= 11 is 7.55. The molecular formula is C13H14ClNOS. The second kappa shape index (κ2) is 5.07. The average Bonchev–Trinajstić information content (AvgIpc) is 2.68. The molecule has 2 rings (SSSR count). The predicted molar refractivity (Wildman–Crippen MR) is 73.2 cm³/mol. The number of benzene rings is 1. The zero-order chi connectivity index (χ0) is 12.4. The van der Waals surface area contributed by atoms with Gasteiger partial charge in [0.2, 0.25) is 0 Å². The summed E-state index contributed by atoms with van der Waals surface area (Å²) in [5, 5.41) is 0.916. The van der Waals surface area contributed by atoms with Gasteiger partial charge in [-0.15, -0.1) is 11.3 Å². The number of nitrogens with zero attached hydrogens (tertiary/aromatic N) is 1. The molecule has 1 aromatic heterocycles. The van der Waals surface area contributed by atoms with Gasteiger partial charge in [-0.1, -0.05) is 24.6 Å². The Balaban J connectivity index is 2.55. The molecular weight excluding hydrogens is 254 g/mol. The summed E-state index contributed by atoms with van der Waals surface area (Å²) in [5.41, 5.74) is 3.16. The topological polar surface area (TPSA) is 22.1 Å². The lowest BCUT2D eigenvalue weighted by atomic mass is 10.1. The van der Waals surface area contributed by atoms with Crippen molar-refractivity contribution in [3.8, 4) is 16.3 Å². The van der Waals surface area contributed by atoms with Crippen LogP contribution in [0.5, 0.6) is 5.75 Å². The fourth-order valence-corrected chi connectivity index (χ4v) is 2.71.